The molecule has 0 saturated carbocycles. The monoisotopic (exact) mass is 329 g/mol. The summed E-state index contributed by atoms with van der Waals surface area (Å²) in [7, 11) is 0. The molecule has 0 spiro atoms. The quantitative estimate of drug-likeness (QED) is 0.750. The Balaban J connectivity index is 1.53. The van der Waals surface area contributed by atoms with Crippen LogP contribution in [0.1, 0.15) is 18.4 Å². The van der Waals surface area contributed by atoms with Crippen molar-refractivity contribution in [2.45, 2.75) is 19.9 Å². The number of amides is 2. The number of nitrogens with zero attached hydrogens (tertiary/aromatic N) is 3. The van der Waals surface area contributed by atoms with Crippen LogP contribution in [-0.2, 0) is 13.0 Å². The number of hydrogen-bond donors (Lipinski definition) is 2. The Hall–Kier alpha value is -2.74. The van der Waals surface area contributed by atoms with Gasteiger partial charge in [0.15, 0.2) is 5.76 Å². The van der Waals surface area contributed by atoms with Gasteiger partial charge in [0.05, 0.1) is 12.2 Å². The standard InChI is InChI=1S/C15H15N5O2S/c1-2-11-7-13(22-19-11)8-16-15(21)17-12-5-3-10(4-6-12)14-9-23-20-18-14/h3-7,9H,2,8H2,1H3,(H2,16,17,21). The highest BCUT2D eigenvalue weighted by molar-refractivity contribution is 7.03. The molecule has 8 heteroatoms. The summed E-state index contributed by atoms with van der Waals surface area (Å²) in [6, 6.07) is 8.93. The van der Waals surface area contributed by atoms with Crippen molar-refractivity contribution in [3.8, 4) is 11.3 Å². The van der Waals surface area contributed by atoms with Crippen molar-refractivity contribution in [1.82, 2.24) is 20.1 Å². The summed E-state index contributed by atoms with van der Waals surface area (Å²) in [4.78, 5) is 11.9. The lowest BCUT2D eigenvalue weighted by Crippen LogP contribution is -2.27. The van der Waals surface area contributed by atoms with Gasteiger partial charge in [0.2, 0.25) is 0 Å². The Labute approximate surface area is 136 Å². The molecule has 2 heterocycles. The summed E-state index contributed by atoms with van der Waals surface area (Å²) >= 11 is 1.30. The highest BCUT2D eigenvalue weighted by Crippen LogP contribution is 2.19. The molecule has 0 fully saturated rings. The lowest BCUT2D eigenvalue weighted by Gasteiger charge is -2.06. The molecule has 0 aliphatic carbocycles. The fourth-order valence-corrected chi connectivity index (χ4v) is 2.43. The van der Waals surface area contributed by atoms with E-state index in [9.17, 15) is 4.79 Å². The number of aromatic nitrogens is 3. The summed E-state index contributed by atoms with van der Waals surface area (Å²) in [5.74, 6) is 0.628. The van der Waals surface area contributed by atoms with Gasteiger partial charge in [-0.3, -0.25) is 0 Å². The zero-order valence-electron chi connectivity index (χ0n) is 12.4. The molecular formula is C15H15N5O2S. The number of nitrogens with one attached hydrogen (secondary N) is 2. The van der Waals surface area contributed by atoms with Gasteiger partial charge in [-0.25, -0.2) is 4.79 Å². The van der Waals surface area contributed by atoms with Crippen molar-refractivity contribution in [3.63, 3.8) is 0 Å². The van der Waals surface area contributed by atoms with E-state index < -0.39 is 0 Å². The third-order valence-electron chi connectivity index (χ3n) is 3.19. The van der Waals surface area contributed by atoms with Gasteiger partial charge < -0.3 is 15.2 Å². The Morgan fingerprint density at radius 1 is 1.30 bits per heavy atom. The molecule has 118 valence electrons. The van der Waals surface area contributed by atoms with Crippen LogP contribution >= 0.6 is 11.5 Å². The van der Waals surface area contributed by atoms with Crippen LogP contribution in [0.25, 0.3) is 11.3 Å². The largest absolute Gasteiger partial charge is 0.359 e. The predicted molar refractivity (Wildman–Crippen MR) is 87.1 cm³/mol. The molecule has 0 unspecified atom stereocenters. The number of carbonyl (C=O) groups excluding carboxylic acids is 1. The van der Waals surface area contributed by atoms with E-state index in [4.69, 9.17) is 4.52 Å². The normalized spacial score (nSPS) is 10.5. The fraction of sp³-hybridized carbons (Fsp3) is 0.200. The topological polar surface area (TPSA) is 92.9 Å². The van der Waals surface area contributed by atoms with Crippen molar-refractivity contribution >= 4 is 23.3 Å². The van der Waals surface area contributed by atoms with Gasteiger partial charge in [0.25, 0.3) is 0 Å². The van der Waals surface area contributed by atoms with E-state index >= 15 is 0 Å². The smallest absolute Gasteiger partial charge is 0.319 e. The molecule has 2 amide bonds. The van der Waals surface area contributed by atoms with Crippen LogP contribution in [0.3, 0.4) is 0 Å². The van der Waals surface area contributed by atoms with Crippen LogP contribution in [0.2, 0.25) is 0 Å². The minimum atomic E-state index is -0.303. The first kappa shape index (κ1) is 15.2. The van der Waals surface area contributed by atoms with Crippen LogP contribution < -0.4 is 10.6 Å². The number of benzene rings is 1. The minimum Gasteiger partial charge on any atom is -0.359 e. The third kappa shape index (κ3) is 3.92. The van der Waals surface area contributed by atoms with Crippen LogP contribution in [0.15, 0.2) is 40.2 Å². The highest BCUT2D eigenvalue weighted by atomic mass is 32.1. The molecule has 2 N–H and O–H groups in total. The Morgan fingerprint density at radius 2 is 2.13 bits per heavy atom. The number of anilines is 1. The zero-order chi connectivity index (χ0) is 16.1. The van der Waals surface area contributed by atoms with Crippen molar-refractivity contribution in [1.29, 1.82) is 0 Å². The number of aryl methyl sites for hydroxylation is 1. The molecule has 7 nitrogen and oxygen atoms in total. The zero-order valence-corrected chi connectivity index (χ0v) is 13.3. The molecule has 3 rings (SSSR count). The highest BCUT2D eigenvalue weighted by Gasteiger charge is 2.06. The maximum Gasteiger partial charge on any atom is 0.319 e. The summed E-state index contributed by atoms with van der Waals surface area (Å²) in [5, 5.41) is 15.2. The first-order valence-corrected chi connectivity index (χ1v) is 7.95. The lowest BCUT2D eigenvalue weighted by molar-refractivity contribution is 0.250. The summed E-state index contributed by atoms with van der Waals surface area (Å²) < 4.78 is 8.94. The molecule has 0 bridgehead atoms. The number of hydrogen-bond acceptors (Lipinski definition) is 6. The van der Waals surface area contributed by atoms with E-state index in [0.29, 0.717) is 18.0 Å². The second-order valence-electron chi connectivity index (χ2n) is 4.81. The van der Waals surface area contributed by atoms with Crippen LogP contribution in [0.4, 0.5) is 10.5 Å². The molecule has 0 saturated heterocycles. The van der Waals surface area contributed by atoms with Crippen molar-refractivity contribution in [3.05, 3.63) is 47.2 Å². The molecule has 1 aromatic carbocycles. The Bertz CT molecular complexity index is 768. The van der Waals surface area contributed by atoms with Gasteiger partial charge in [0.1, 0.15) is 5.69 Å². The molecule has 0 aliphatic heterocycles. The van der Waals surface area contributed by atoms with Crippen molar-refractivity contribution in [2.24, 2.45) is 0 Å². The van der Waals surface area contributed by atoms with Crippen molar-refractivity contribution < 1.29 is 9.32 Å². The van der Waals surface area contributed by atoms with Gasteiger partial charge in [-0.15, -0.1) is 5.10 Å². The van der Waals surface area contributed by atoms with Crippen LogP contribution in [0.5, 0.6) is 0 Å². The molecule has 3 aromatic rings. The van der Waals surface area contributed by atoms with Gasteiger partial charge in [-0.05, 0) is 30.1 Å². The van der Waals surface area contributed by atoms with Crippen LogP contribution in [0, 0.1) is 0 Å². The molecular weight excluding hydrogens is 314 g/mol. The second kappa shape index (κ2) is 7.01. The van der Waals surface area contributed by atoms with E-state index in [0.717, 1.165) is 23.4 Å². The summed E-state index contributed by atoms with van der Waals surface area (Å²) in [5.41, 5.74) is 3.34. The average molecular weight is 329 g/mol. The lowest BCUT2D eigenvalue weighted by atomic mass is 10.1. The van der Waals surface area contributed by atoms with Crippen molar-refractivity contribution in [2.75, 3.05) is 5.32 Å². The summed E-state index contributed by atoms with van der Waals surface area (Å²) in [6.45, 7) is 2.29. The third-order valence-corrected chi connectivity index (χ3v) is 3.70. The number of urea groups is 1. The first-order valence-electron chi connectivity index (χ1n) is 7.11. The molecule has 2 aromatic heterocycles. The first-order chi connectivity index (χ1) is 11.2. The van der Waals surface area contributed by atoms with Crippen LogP contribution in [-0.4, -0.2) is 20.8 Å². The fourth-order valence-electron chi connectivity index (χ4n) is 1.96. The van der Waals surface area contributed by atoms with Gasteiger partial charge in [0, 0.05) is 22.7 Å². The predicted octanol–water partition coefficient (Wildman–Crippen LogP) is 3.08. The molecule has 0 atom stereocenters. The van der Waals surface area contributed by atoms with E-state index in [-0.39, 0.29) is 6.03 Å². The van der Waals surface area contributed by atoms with E-state index in [1.54, 1.807) is 0 Å². The van der Waals surface area contributed by atoms with Gasteiger partial charge in [-0.1, -0.05) is 28.7 Å². The maximum absolute atomic E-state index is 11.9. The Morgan fingerprint density at radius 3 is 2.78 bits per heavy atom. The SMILES string of the molecule is CCc1cc(CNC(=O)Nc2ccc(-c3csnn3)cc2)on1. The van der Waals surface area contributed by atoms with Gasteiger partial charge in [-0.2, -0.15) is 0 Å². The molecule has 0 aliphatic rings. The van der Waals surface area contributed by atoms with E-state index in [1.165, 1.54) is 11.5 Å². The average Bonchev–Trinajstić information content (AvgIpc) is 3.25. The maximum atomic E-state index is 11.9. The number of rotatable bonds is 5. The summed E-state index contributed by atoms with van der Waals surface area (Å²) in [6.07, 6.45) is 0.802. The second-order valence-corrected chi connectivity index (χ2v) is 5.42. The molecule has 0 radical (unpaired) electrons. The Kier molecular flexibility index (Phi) is 4.62. The van der Waals surface area contributed by atoms with E-state index in [1.807, 2.05) is 42.6 Å². The molecule has 23 heavy (non-hydrogen) atoms. The van der Waals surface area contributed by atoms with Gasteiger partial charge >= 0.3 is 6.03 Å². The minimum absolute atomic E-state index is 0.293. The van der Waals surface area contributed by atoms with E-state index in [2.05, 4.69) is 25.4 Å². The number of carbonyl (C=O) groups is 1.